The number of carbonyl (C=O) groups excluding carboxylic acids is 1. The van der Waals surface area contributed by atoms with Crippen molar-refractivity contribution in [2.75, 3.05) is 0 Å². The summed E-state index contributed by atoms with van der Waals surface area (Å²) in [5.74, 6) is -1.80. The van der Waals surface area contributed by atoms with E-state index in [-0.39, 0.29) is 22.8 Å². The molecule has 0 heterocycles. The van der Waals surface area contributed by atoms with Crippen LogP contribution < -0.4 is 0 Å². The molecule has 0 atom stereocenters. The van der Waals surface area contributed by atoms with Gasteiger partial charge in [0.1, 0.15) is 0 Å². The zero-order chi connectivity index (χ0) is 14.7. The van der Waals surface area contributed by atoms with Gasteiger partial charge in [-0.15, -0.1) is 0 Å². The summed E-state index contributed by atoms with van der Waals surface area (Å²) < 4.78 is 27.4. The monoisotopic (exact) mass is 278 g/mol. The molecule has 20 heavy (non-hydrogen) atoms. The van der Waals surface area contributed by atoms with Gasteiger partial charge in [-0.25, -0.2) is 8.78 Å². The van der Waals surface area contributed by atoms with Crippen LogP contribution >= 0.6 is 0 Å². The highest BCUT2D eigenvalue weighted by atomic mass is 19.2. The number of allylic oxidation sites excluding steroid dienone is 2. The number of hydrogen-bond donors (Lipinski definition) is 0. The van der Waals surface area contributed by atoms with Crippen molar-refractivity contribution >= 4 is 5.78 Å². The van der Waals surface area contributed by atoms with E-state index in [0.717, 1.165) is 25.7 Å². The van der Waals surface area contributed by atoms with Crippen LogP contribution in [0.4, 0.5) is 8.78 Å². The van der Waals surface area contributed by atoms with Crippen molar-refractivity contribution in [3.63, 3.8) is 0 Å². The number of Topliss-reactive ketones (excluding diaryl/α,β-unsaturated/α-hetero) is 1. The molecule has 1 saturated carbocycles. The summed E-state index contributed by atoms with van der Waals surface area (Å²) in [7, 11) is 0. The van der Waals surface area contributed by atoms with E-state index in [1.807, 2.05) is 13.0 Å². The Labute approximate surface area is 118 Å². The molecular formula is C17H20F2O. The van der Waals surface area contributed by atoms with E-state index in [2.05, 4.69) is 6.08 Å². The Morgan fingerprint density at radius 2 is 1.80 bits per heavy atom. The second kappa shape index (κ2) is 6.29. The smallest absolute Gasteiger partial charge is 0.169 e. The lowest BCUT2D eigenvalue weighted by atomic mass is 9.78. The van der Waals surface area contributed by atoms with Crippen LogP contribution in [0.3, 0.4) is 0 Å². The maximum Gasteiger partial charge on any atom is 0.169 e. The van der Waals surface area contributed by atoms with E-state index < -0.39 is 11.6 Å². The van der Waals surface area contributed by atoms with Crippen LogP contribution in [0, 0.1) is 30.4 Å². The van der Waals surface area contributed by atoms with E-state index in [0.29, 0.717) is 5.92 Å². The maximum atomic E-state index is 13.9. The lowest BCUT2D eigenvalue weighted by molar-refractivity contribution is 0.0874. The molecular weight excluding hydrogens is 258 g/mol. The van der Waals surface area contributed by atoms with Gasteiger partial charge in [0.2, 0.25) is 0 Å². The molecule has 0 aromatic heterocycles. The van der Waals surface area contributed by atoms with Crippen molar-refractivity contribution in [3.8, 4) is 0 Å². The van der Waals surface area contributed by atoms with Gasteiger partial charge in [-0.1, -0.05) is 18.2 Å². The fourth-order valence-corrected chi connectivity index (χ4v) is 2.90. The molecule has 0 unspecified atom stereocenters. The molecule has 0 N–H and O–H groups in total. The average molecular weight is 278 g/mol. The molecule has 1 aromatic carbocycles. The molecule has 1 aliphatic rings. The van der Waals surface area contributed by atoms with Crippen molar-refractivity contribution in [2.24, 2.45) is 11.8 Å². The minimum atomic E-state index is -0.995. The van der Waals surface area contributed by atoms with Crippen LogP contribution in [0.15, 0.2) is 24.3 Å². The predicted octanol–water partition coefficient (Wildman–Crippen LogP) is 4.84. The molecule has 0 saturated heterocycles. The summed E-state index contributed by atoms with van der Waals surface area (Å²) in [6, 6.07) is 2.88. The fraction of sp³-hybridized carbons (Fsp3) is 0.471. The predicted molar refractivity (Wildman–Crippen MR) is 75.7 cm³/mol. The quantitative estimate of drug-likeness (QED) is 0.571. The Morgan fingerprint density at radius 1 is 1.15 bits per heavy atom. The van der Waals surface area contributed by atoms with Crippen LogP contribution in [-0.2, 0) is 0 Å². The maximum absolute atomic E-state index is 13.9. The first-order chi connectivity index (χ1) is 9.54. The van der Waals surface area contributed by atoms with Gasteiger partial charge in [0, 0.05) is 5.92 Å². The molecule has 108 valence electrons. The number of hydrogen-bond acceptors (Lipinski definition) is 1. The molecule has 0 aliphatic heterocycles. The molecule has 0 amide bonds. The van der Waals surface area contributed by atoms with Gasteiger partial charge >= 0.3 is 0 Å². The number of ketones is 1. The largest absolute Gasteiger partial charge is 0.294 e. The summed E-state index contributed by atoms with van der Waals surface area (Å²) in [6.07, 6.45) is 7.58. The lowest BCUT2D eigenvalue weighted by Gasteiger charge is -2.26. The van der Waals surface area contributed by atoms with Gasteiger partial charge in [0.15, 0.2) is 17.4 Å². The molecule has 3 heteroatoms. The van der Waals surface area contributed by atoms with Crippen molar-refractivity contribution in [2.45, 2.75) is 39.5 Å². The Morgan fingerprint density at radius 3 is 2.40 bits per heavy atom. The Bertz CT molecular complexity index is 526. The van der Waals surface area contributed by atoms with Crippen LogP contribution in [0.5, 0.6) is 0 Å². The summed E-state index contributed by atoms with van der Waals surface area (Å²) in [6.45, 7) is 3.48. The SMILES string of the molecule is C/C=C/C1CCC(C(=O)c2ccc(C)c(F)c2F)CC1. The van der Waals surface area contributed by atoms with E-state index in [9.17, 15) is 13.6 Å². The highest BCUT2D eigenvalue weighted by Gasteiger charge is 2.28. The van der Waals surface area contributed by atoms with E-state index >= 15 is 0 Å². The summed E-state index contributed by atoms with van der Waals surface area (Å²) in [5, 5.41) is 0. The molecule has 0 radical (unpaired) electrons. The van der Waals surface area contributed by atoms with Crippen molar-refractivity contribution in [1.82, 2.24) is 0 Å². The first-order valence-corrected chi connectivity index (χ1v) is 7.16. The average Bonchev–Trinajstić information content (AvgIpc) is 2.45. The number of aryl methyl sites for hydroxylation is 1. The van der Waals surface area contributed by atoms with Gasteiger partial charge in [0.25, 0.3) is 0 Å². The Hall–Kier alpha value is -1.51. The third-order valence-corrected chi connectivity index (χ3v) is 4.15. The molecule has 1 aliphatic carbocycles. The van der Waals surface area contributed by atoms with Crippen LogP contribution in [-0.4, -0.2) is 5.78 Å². The Balaban J connectivity index is 2.12. The lowest BCUT2D eigenvalue weighted by Crippen LogP contribution is -2.22. The normalized spacial score (nSPS) is 23.2. The van der Waals surface area contributed by atoms with Gasteiger partial charge in [-0.3, -0.25) is 4.79 Å². The third-order valence-electron chi connectivity index (χ3n) is 4.15. The topological polar surface area (TPSA) is 17.1 Å². The van der Waals surface area contributed by atoms with E-state index in [1.54, 1.807) is 0 Å². The molecule has 1 fully saturated rings. The minimum absolute atomic E-state index is 0.0948. The number of carbonyl (C=O) groups is 1. The van der Waals surface area contributed by atoms with Gasteiger partial charge in [-0.05, 0) is 57.1 Å². The van der Waals surface area contributed by atoms with Gasteiger partial charge < -0.3 is 0 Å². The van der Waals surface area contributed by atoms with E-state index in [1.165, 1.54) is 19.1 Å². The number of halogens is 2. The minimum Gasteiger partial charge on any atom is -0.294 e. The molecule has 2 rings (SSSR count). The highest BCUT2D eigenvalue weighted by molar-refractivity contribution is 5.98. The van der Waals surface area contributed by atoms with Gasteiger partial charge in [0.05, 0.1) is 5.56 Å². The molecule has 0 spiro atoms. The first-order valence-electron chi connectivity index (χ1n) is 7.16. The summed E-state index contributed by atoms with van der Waals surface area (Å²) in [4.78, 5) is 12.3. The van der Waals surface area contributed by atoms with Crippen LogP contribution in [0.2, 0.25) is 0 Å². The van der Waals surface area contributed by atoms with Crippen LogP contribution in [0.1, 0.15) is 48.5 Å². The standard InChI is InChI=1S/C17H20F2O/c1-3-4-12-6-8-13(9-7-12)17(20)14-10-5-11(2)15(18)16(14)19/h3-5,10,12-13H,6-9H2,1-2H3/b4-3+. The summed E-state index contributed by atoms with van der Waals surface area (Å²) >= 11 is 0. The van der Waals surface area contributed by atoms with Crippen LogP contribution in [0.25, 0.3) is 0 Å². The second-order valence-corrected chi connectivity index (χ2v) is 5.56. The summed E-state index contributed by atoms with van der Waals surface area (Å²) in [5.41, 5.74) is 0.137. The van der Waals surface area contributed by atoms with Gasteiger partial charge in [-0.2, -0.15) is 0 Å². The third kappa shape index (κ3) is 2.97. The number of benzene rings is 1. The van der Waals surface area contributed by atoms with Crippen molar-refractivity contribution in [1.29, 1.82) is 0 Å². The fourth-order valence-electron chi connectivity index (χ4n) is 2.90. The molecule has 0 bridgehead atoms. The highest BCUT2D eigenvalue weighted by Crippen LogP contribution is 2.32. The molecule has 1 aromatic rings. The zero-order valence-electron chi connectivity index (χ0n) is 12.0. The first kappa shape index (κ1) is 14.9. The zero-order valence-corrected chi connectivity index (χ0v) is 12.0. The van der Waals surface area contributed by atoms with Crippen molar-refractivity contribution < 1.29 is 13.6 Å². The Kier molecular flexibility index (Phi) is 4.69. The van der Waals surface area contributed by atoms with E-state index in [4.69, 9.17) is 0 Å². The molecule has 1 nitrogen and oxygen atoms in total. The number of rotatable bonds is 3. The van der Waals surface area contributed by atoms with Crippen molar-refractivity contribution in [3.05, 3.63) is 47.0 Å². The second-order valence-electron chi connectivity index (χ2n) is 5.56.